The minimum absolute atomic E-state index is 0.582. The van der Waals surface area contributed by atoms with Gasteiger partial charge in [-0.05, 0) is 48.9 Å². The van der Waals surface area contributed by atoms with Gasteiger partial charge in [-0.3, -0.25) is 4.98 Å². The summed E-state index contributed by atoms with van der Waals surface area (Å²) in [5, 5.41) is 0. The van der Waals surface area contributed by atoms with Crippen molar-refractivity contribution >= 4 is 11.1 Å². The number of hydrogen-bond acceptors (Lipinski definition) is 4. The zero-order valence-electron chi connectivity index (χ0n) is 13.5. The first-order valence-electron chi connectivity index (χ1n) is 7.72. The van der Waals surface area contributed by atoms with Crippen molar-refractivity contribution in [1.82, 2.24) is 9.97 Å². The Kier molecular flexibility index (Phi) is 3.50. The number of benzene rings is 2. The van der Waals surface area contributed by atoms with Crippen LogP contribution in [0.5, 0.6) is 5.75 Å². The van der Waals surface area contributed by atoms with Gasteiger partial charge in [0, 0.05) is 17.3 Å². The second kappa shape index (κ2) is 5.81. The summed E-state index contributed by atoms with van der Waals surface area (Å²) in [5.41, 5.74) is 5.46. The van der Waals surface area contributed by atoms with Gasteiger partial charge in [0.2, 0.25) is 5.89 Å². The lowest BCUT2D eigenvalue weighted by atomic mass is 10.0. The number of oxazole rings is 1. The van der Waals surface area contributed by atoms with Crippen LogP contribution in [0.4, 0.5) is 0 Å². The maximum Gasteiger partial charge on any atom is 0.227 e. The van der Waals surface area contributed by atoms with E-state index in [4.69, 9.17) is 9.15 Å². The number of pyridine rings is 1. The fraction of sp³-hybridized carbons (Fsp3) is 0.100. The van der Waals surface area contributed by atoms with E-state index in [2.05, 4.69) is 9.97 Å². The highest BCUT2D eigenvalue weighted by Crippen LogP contribution is 2.35. The Morgan fingerprint density at radius 1 is 1.00 bits per heavy atom. The van der Waals surface area contributed by atoms with E-state index in [0.29, 0.717) is 5.89 Å². The quantitative estimate of drug-likeness (QED) is 0.541. The molecule has 0 bridgehead atoms. The van der Waals surface area contributed by atoms with Gasteiger partial charge in [0.15, 0.2) is 5.58 Å². The number of fused-ring (bicyclic) bond motifs is 1. The van der Waals surface area contributed by atoms with Crippen molar-refractivity contribution in [2.24, 2.45) is 0 Å². The molecule has 4 rings (SSSR count). The molecule has 24 heavy (non-hydrogen) atoms. The molecule has 4 nitrogen and oxygen atoms in total. The van der Waals surface area contributed by atoms with E-state index < -0.39 is 0 Å². The highest BCUT2D eigenvalue weighted by atomic mass is 16.5. The molecule has 0 saturated heterocycles. The number of nitrogens with zero attached hydrogens (tertiary/aromatic N) is 2. The Morgan fingerprint density at radius 2 is 1.88 bits per heavy atom. The smallest absolute Gasteiger partial charge is 0.227 e. The van der Waals surface area contributed by atoms with Gasteiger partial charge in [-0.15, -0.1) is 0 Å². The molecule has 4 heteroatoms. The molecule has 0 unspecified atom stereocenters. The predicted octanol–water partition coefficient (Wildman–Crippen LogP) is 4.87. The monoisotopic (exact) mass is 316 g/mol. The average molecular weight is 316 g/mol. The largest absolute Gasteiger partial charge is 0.496 e. The van der Waals surface area contributed by atoms with Crippen molar-refractivity contribution in [3.63, 3.8) is 0 Å². The molecule has 4 aromatic rings. The minimum atomic E-state index is 0.582. The van der Waals surface area contributed by atoms with E-state index in [1.807, 2.05) is 61.5 Å². The first-order chi connectivity index (χ1) is 11.8. The molecule has 0 N–H and O–H groups in total. The fourth-order valence-electron chi connectivity index (χ4n) is 2.78. The van der Waals surface area contributed by atoms with Crippen LogP contribution < -0.4 is 4.74 Å². The maximum atomic E-state index is 5.84. The van der Waals surface area contributed by atoms with Crippen LogP contribution in [0.15, 0.2) is 65.2 Å². The number of aromatic nitrogens is 2. The number of aryl methyl sites for hydroxylation is 1. The van der Waals surface area contributed by atoms with Gasteiger partial charge in [0.25, 0.3) is 0 Å². The molecule has 0 fully saturated rings. The van der Waals surface area contributed by atoms with Crippen LogP contribution in [0.3, 0.4) is 0 Å². The third-order valence-electron chi connectivity index (χ3n) is 4.01. The Bertz CT molecular complexity index is 988. The van der Waals surface area contributed by atoms with E-state index in [0.717, 1.165) is 39.2 Å². The lowest BCUT2D eigenvalue weighted by Crippen LogP contribution is -1.93. The van der Waals surface area contributed by atoms with E-state index in [-0.39, 0.29) is 0 Å². The normalized spacial score (nSPS) is 10.9. The molecule has 0 saturated carbocycles. The molecule has 0 atom stereocenters. The third-order valence-corrected chi connectivity index (χ3v) is 4.01. The number of ether oxygens (including phenoxy) is 1. The van der Waals surface area contributed by atoms with Gasteiger partial charge in [-0.25, -0.2) is 4.98 Å². The van der Waals surface area contributed by atoms with Crippen molar-refractivity contribution in [1.29, 1.82) is 0 Å². The molecule has 0 aliphatic heterocycles. The fourth-order valence-corrected chi connectivity index (χ4v) is 2.78. The van der Waals surface area contributed by atoms with Crippen molar-refractivity contribution in [3.05, 3.63) is 66.4 Å². The number of para-hydroxylation sites is 2. The zero-order valence-corrected chi connectivity index (χ0v) is 13.5. The van der Waals surface area contributed by atoms with Gasteiger partial charge in [0.05, 0.1) is 12.8 Å². The summed E-state index contributed by atoms with van der Waals surface area (Å²) in [6, 6.07) is 17.6. The SMILES string of the molecule is COc1cc(-c2nc3ccccc3o2)ccc1-c1ncccc1C. The summed E-state index contributed by atoms with van der Waals surface area (Å²) >= 11 is 0. The third kappa shape index (κ3) is 2.42. The summed E-state index contributed by atoms with van der Waals surface area (Å²) in [6.45, 7) is 2.04. The van der Waals surface area contributed by atoms with Crippen molar-refractivity contribution in [3.8, 4) is 28.5 Å². The van der Waals surface area contributed by atoms with Crippen LogP contribution in [-0.4, -0.2) is 17.1 Å². The van der Waals surface area contributed by atoms with Crippen LogP contribution >= 0.6 is 0 Å². The zero-order chi connectivity index (χ0) is 16.5. The van der Waals surface area contributed by atoms with Crippen LogP contribution in [0.25, 0.3) is 33.8 Å². The minimum Gasteiger partial charge on any atom is -0.496 e. The summed E-state index contributed by atoms with van der Waals surface area (Å²) in [5.74, 6) is 1.33. The summed E-state index contributed by atoms with van der Waals surface area (Å²) in [7, 11) is 1.66. The Balaban J connectivity index is 1.83. The summed E-state index contributed by atoms with van der Waals surface area (Å²) < 4.78 is 11.4. The Labute approximate surface area is 139 Å². The lowest BCUT2D eigenvalue weighted by molar-refractivity contribution is 0.416. The second-order valence-corrected chi connectivity index (χ2v) is 5.57. The first kappa shape index (κ1) is 14.5. The van der Waals surface area contributed by atoms with Gasteiger partial charge in [0.1, 0.15) is 11.3 Å². The van der Waals surface area contributed by atoms with E-state index >= 15 is 0 Å². The molecule has 2 heterocycles. The van der Waals surface area contributed by atoms with Crippen LogP contribution in [0, 0.1) is 6.92 Å². The van der Waals surface area contributed by atoms with E-state index in [1.165, 1.54) is 0 Å². The molecule has 2 aromatic carbocycles. The molecule has 0 spiro atoms. The van der Waals surface area contributed by atoms with Gasteiger partial charge in [-0.2, -0.15) is 0 Å². The summed E-state index contributed by atoms with van der Waals surface area (Å²) in [6.07, 6.45) is 1.79. The van der Waals surface area contributed by atoms with Crippen LogP contribution in [-0.2, 0) is 0 Å². The molecule has 2 aromatic heterocycles. The average Bonchev–Trinajstić information content (AvgIpc) is 3.06. The highest BCUT2D eigenvalue weighted by molar-refractivity contribution is 5.78. The topological polar surface area (TPSA) is 48.2 Å². The van der Waals surface area contributed by atoms with Crippen molar-refractivity contribution in [2.45, 2.75) is 6.92 Å². The Hall–Kier alpha value is -3.14. The molecule has 0 radical (unpaired) electrons. The molecular weight excluding hydrogens is 300 g/mol. The van der Waals surface area contributed by atoms with Gasteiger partial charge < -0.3 is 9.15 Å². The molecule has 0 amide bonds. The highest BCUT2D eigenvalue weighted by Gasteiger charge is 2.14. The van der Waals surface area contributed by atoms with E-state index in [1.54, 1.807) is 13.3 Å². The number of methoxy groups -OCH3 is 1. The van der Waals surface area contributed by atoms with Crippen molar-refractivity contribution in [2.75, 3.05) is 7.11 Å². The van der Waals surface area contributed by atoms with Crippen LogP contribution in [0.2, 0.25) is 0 Å². The lowest BCUT2D eigenvalue weighted by Gasteiger charge is -2.11. The number of rotatable bonds is 3. The van der Waals surface area contributed by atoms with Gasteiger partial charge >= 0.3 is 0 Å². The van der Waals surface area contributed by atoms with Gasteiger partial charge in [-0.1, -0.05) is 18.2 Å². The summed E-state index contributed by atoms with van der Waals surface area (Å²) in [4.78, 5) is 9.02. The predicted molar refractivity (Wildman–Crippen MR) is 94.0 cm³/mol. The molecule has 0 aliphatic carbocycles. The standard InChI is InChI=1S/C20H16N2O2/c1-13-6-5-11-21-19(13)15-10-9-14(12-18(15)23-2)20-22-16-7-3-4-8-17(16)24-20/h3-12H,1-2H3. The van der Waals surface area contributed by atoms with Crippen molar-refractivity contribution < 1.29 is 9.15 Å². The molecular formula is C20H16N2O2. The second-order valence-electron chi connectivity index (χ2n) is 5.57. The Morgan fingerprint density at radius 3 is 2.67 bits per heavy atom. The maximum absolute atomic E-state index is 5.84. The number of hydrogen-bond donors (Lipinski definition) is 0. The first-order valence-corrected chi connectivity index (χ1v) is 7.72. The van der Waals surface area contributed by atoms with E-state index in [9.17, 15) is 0 Å². The molecule has 0 aliphatic rings. The van der Waals surface area contributed by atoms with Crippen LogP contribution in [0.1, 0.15) is 5.56 Å². The molecule has 118 valence electrons.